The van der Waals surface area contributed by atoms with Gasteiger partial charge in [-0.15, -0.1) is 0 Å². The third-order valence-corrected chi connectivity index (χ3v) is 4.27. The second kappa shape index (κ2) is 5.72. The number of quaternary nitrogens is 1. The van der Waals surface area contributed by atoms with Crippen LogP contribution in [0.3, 0.4) is 0 Å². The van der Waals surface area contributed by atoms with E-state index in [2.05, 4.69) is 0 Å². The molecule has 112 valence electrons. The molecule has 0 aliphatic heterocycles. The van der Waals surface area contributed by atoms with Gasteiger partial charge in [0, 0.05) is 5.92 Å². The lowest BCUT2D eigenvalue weighted by atomic mass is 9.71. The molecule has 1 aliphatic rings. The molecule has 4 heteroatoms. The average molecular weight is 280 g/mol. The van der Waals surface area contributed by atoms with Crippen LogP contribution in [0.2, 0.25) is 0 Å². The predicted molar refractivity (Wildman–Crippen MR) is 77.6 cm³/mol. The molecular formula is C16H26NO3+. The van der Waals surface area contributed by atoms with E-state index < -0.39 is 5.60 Å². The molecule has 0 heterocycles. The van der Waals surface area contributed by atoms with E-state index in [-0.39, 0.29) is 10.6 Å². The van der Waals surface area contributed by atoms with Crippen LogP contribution in [0.25, 0.3) is 0 Å². The van der Waals surface area contributed by atoms with Crippen molar-refractivity contribution < 1.29 is 19.7 Å². The number of methoxy groups -OCH3 is 1. The molecule has 2 N–H and O–H groups in total. The number of nitrogens with zero attached hydrogens (tertiary/aromatic N) is 1. The van der Waals surface area contributed by atoms with Crippen LogP contribution in [0.15, 0.2) is 24.3 Å². The van der Waals surface area contributed by atoms with Crippen molar-refractivity contribution in [2.75, 3.05) is 27.7 Å². The summed E-state index contributed by atoms with van der Waals surface area (Å²) in [4.78, 5) is 0. The zero-order chi connectivity index (χ0) is 14.8. The van der Waals surface area contributed by atoms with Gasteiger partial charge in [0.05, 0.1) is 26.8 Å². The molecule has 0 amide bonds. The Morgan fingerprint density at radius 2 is 2.10 bits per heavy atom. The highest BCUT2D eigenvalue weighted by Crippen LogP contribution is 2.43. The first-order valence-electron chi connectivity index (χ1n) is 7.28. The molecule has 4 nitrogen and oxygen atoms in total. The summed E-state index contributed by atoms with van der Waals surface area (Å²) in [5.41, 5.74) is 0.0281. The standard InChI is InChI=1S/C16H26NO3/c1-17(2,19)12-14-7-4-5-10-16(14,18)13-8-6-9-15(11-13)20-3/h6,8-9,11,14,18-19H,4-5,7,10,12H2,1-3H3/q+1/t14-,16+/m1/s1. The van der Waals surface area contributed by atoms with E-state index in [0.717, 1.165) is 37.0 Å². The van der Waals surface area contributed by atoms with Gasteiger partial charge in [0.25, 0.3) is 0 Å². The zero-order valence-electron chi connectivity index (χ0n) is 12.7. The van der Waals surface area contributed by atoms with Gasteiger partial charge in [-0.25, -0.2) is 5.21 Å². The van der Waals surface area contributed by atoms with Gasteiger partial charge in [-0.3, -0.25) is 0 Å². The number of rotatable bonds is 4. The van der Waals surface area contributed by atoms with Crippen LogP contribution in [0.5, 0.6) is 5.75 Å². The number of benzene rings is 1. The van der Waals surface area contributed by atoms with Crippen LogP contribution in [-0.4, -0.2) is 42.7 Å². The molecular weight excluding hydrogens is 254 g/mol. The van der Waals surface area contributed by atoms with Crippen LogP contribution < -0.4 is 4.74 Å². The minimum atomic E-state index is -0.870. The predicted octanol–water partition coefficient (Wildman–Crippen LogP) is 2.54. The summed E-state index contributed by atoms with van der Waals surface area (Å²) in [5, 5.41) is 21.3. The van der Waals surface area contributed by atoms with Crippen LogP contribution >= 0.6 is 0 Å². The summed E-state index contributed by atoms with van der Waals surface area (Å²) in [5.74, 6) is 0.821. The van der Waals surface area contributed by atoms with Crippen LogP contribution in [0, 0.1) is 5.92 Å². The maximum atomic E-state index is 11.2. The first kappa shape index (κ1) is 15.3. The molecule has 0 spiro atoms. The van der Waals surface area contributed by atoms with Crippen LogP contribution in [-0.2, 0) is 5.60 Å². The van der Waals surface area contributed by atoms with Crippen molar-refractivity contribution in [3.63, 3.8) is 0 Å². The number of hydroxylamine groups is 3. The Labute approximate surface area is 121 Å². The van der Waals surface area contributed by atoms with Gasteiger partial charge >= 0.3 is 0 Å². The maximum Gasteiger partial charge on any atom is 0.119 e. The number of hydrogen-bond acceptors (Lipinski definition) is 3. The third kappa shape index (κ3) is 3.32. The van der Waals surface area contributed by atoms with Gasteiger partial charge in [-0.2, -0.15) is 4.65 Å². The minimum absolute atomic E-state index is 0.0587. The normalized spacial score (nSPS) is 27.4. The Kier molecular flexibility index (Phi) is 4.37. The van der Waals surface area contributed by atoms with Gasteiger partial charge < -0.3 is 9.84 Å². The first-order chi connectivity index (χ1) is 9.35. The summed E-state index contributed by atoms with van der Waals surface area (Å²) >= 11 is 0. The second-order valence-electron chi connectivity index (χ2n) is 6.40. The molecule has 1 aromatic rings. The summed E-state index contributed by atoms with van der Waals surface area (Å²) < 4.78 is 5.15. The molecule has 1 saturated carbocycles. The summed E-state index contributed by atoms with van der Waals surface area (Å²) in [6.45, 7) is 0.549. The van der Waals surface area contributed by atoms with E-state index in [0.29, 0.717) is 6.54 Å². The molecule has 1 aromatic carbocycles. The smallest absolute Gasteiger partial charge is 0.119 e. The fourth-order valence-corrected chi connectivity index (χ4v) is 3.28. The second-order valence-corrected chi connectivity index (χ2v) is 6.40. The van der Waals surface area contributed by atoms with Crippen molar-refractivity contribution in [3.05, 3.63) is 29.8 Å². The summed E-state index contributed by atoms with van der Waals surface area (Å²) in [6.07, 6.45) is 3.81. The molecule has 0 unspecified atom stereocenters. The lowest BCUT2D eigenvalue weighted by Gasteiger charge is -2.41. The molecule has 2 rings (SSSR count). The Bertz CT molecular complexity index is 455. The fraction of sp³-hybridized carbons (Fsp3) is 0.625. The van der Waals surface area contributed by atoms with E-state index in [4.69, 9.17) is 4.74 Å². The van der Waals surface area contributed by atoms with E-state index in [1.54, 1.807) is 21.2 Å². The fourth-order valence-electron chi connectivity index (χ4n) is 3.28. The molecule has 0 saturated heterocycles. The van der Waals surface area contributed by atoms with Gasteiger partial charge in [0.1, 0.15) is 12.3 Å². The Morgan fingerprint density at radius 1 is 1.35 bits per heavy atom. The van der Waals surface area contributed by atoms with Crippen molar-refractivity contribution in [1.29, 1.82) is 0 Å². The molecule has 0 radical (unpaired) electrons. The zero-order valence-corrected chi connectivity index (χ0v) is 12.7. The van der Waals surface area contributed by atoms with Gasteiger partial charge in [0.15, 0.2) is 0 Å². The number of aliphatic hydroxyl groups is 1. The molecule has 2 atom stereocenters. The molecule has 20 heavy (non-hydrogen) atoms. The Hall–Kier alpha value is -1.10. The highest BCUT2D eigenvalue weighted by Gasteiger charge is 2.43. The molecule has 1 fully saturated rings. The Morgan fingerprint density at radius 3 is 2.75 bits per heavy atom. The van der Waals surface area contributed by atoms with Gasteiger partial charge in [-0.05, 0) is 30.5 Å². The first-order valence-corrected chi connectivity index (χ1v) is 7.28. The van der Waals surface area contributed by atoms with Gasteiger partial charge in [0.2, 0.25) is 0 Å². The highest BCUT2D eigenvalue weighted by molar-refractivity contribution is 5.33. The lowest BCUT2D eigenvalue weighted by molar-refractivity contribution is -1.08. The SMILES string of the molecule is COc1cccc([C@@]2(O)CCCC[C@@H]2C[N+](C)(C)O)c1. The largest absolute Gasteiger partial charge is 0.497 e. The third-order valence-electron chi connectivity index (χ3n) is 4.27. The topological polar surface area (TPSA) is 49.7 Å². The van der Waals surface area contributed by atoms with Gasteiger partial charge in [-0.1, -0.05) is 25.0 Å². The summed E-state index contributed by atoms with van der Waals surface area (Å²) in [7, 11) is 5.14. The molecule has 1 aliphatic carbocycles. The van der Waals surface area contributed by atoms with Crippen LogP contribution in [0.4, 0.5) is 0 Å². The molecule has 0 bridgehead atoms. The monoisotopic (exact) mass is 280 g/mol. The Balaban J connectivity index is 2.32. The van der Waals surface area contributed by atoms with E-state index in [1.807, 2.05) is 24.3 Å². The highest BCUT2D eigenvalue weighted by atomic mass is 16.5. The lowest BCUT2D eigenvalue weighted by Crippen LogP contribution is -2.49. The van der Waals surface area contributed by atoms with Crippen molar-refractivity contribution in [2.24, 2.45) is 5.92 Å². The van der Waals surface area contributed by atoms with Crippen molar-refractivity contribution in [1.82, 2.24) is 0 Å². The van der Waals surface area contributed by atoms with E-state index in [1.165, 1.54) is 0 Å². The van der Waals surface area contributed by atoms with Crippen molar-refractivity contribution >= 4 is 0 Å². The van der Waals surface area contributed by atoms with Crippen LogP contribution in [0.1, 0.15) is 31.2 Å². The van der Waals surface area contributed by atoms with Crippen molar-refractivity contribution in [3.8, 4) is 5.75 Å². The van der Waals surface area contributed by atoms with E-state index in [9.17, 15) is 10.3 Å². The average Bonchev–Trinajstić information content (AvgIpc) is 2.40. The number of ether oxygens (including phenoxy) is 1. The number of hydrogen-bond donors (Lipinski definition) is 2. The summed E-state index contributed by atoms with van der Waals surface area (Å²) in [6, 6.07) is 7.67. The minimum Gasteiger partial charge on any atom is -0.497 e. The molecule has 0 aromatic heterocycles. The quantitative estimate of drug-likeness (QED) is 0.658. The van der Waals surface area contributed by atoms with E-state index >= 15 is 0 Å². The maximum absolute atomic E-state index is 11.2. The van der Waals surface area contributed by atoms with Crippen molar-refractivity contribution in [2.45, 2.75) is 31.3 Å².